The van der Waals surface area contributed by atoms with Gasteiger partial charge < -0.3 is 13.4 Å². The van der Waals surface area contributed by atoms with Crippen molar-refractivity contribution in [1.29, 1.82) is 0 Å². The normalized spacial score (nSPS) is 17.0. The standard InChI is InChI=1S/C56H34N4O2S/c1-56-27-11-10-21-42(56)52-39(20-13-26-49(52)63-56)54-57-53(38-19-12-25-47-50(38)36-17-5-8-23-45(36)61-47)58-55(59-54)41-30-34(31-48-51(41)37-18-6-9-24-46(37)62-48)60-43-22-7-4-16-35(43)40-28-32-14-2-3-15-33(32)29-44(40)60/h2-31,42H,1H3. The van der Waals surface area contributed by atoms with Crippen LogP contribution in [-0.4, -0.2) is 24.3 Å². The van der Waals surface area contributed by atoms with Gasteiger partial charge in [0.25, 0.3) is 0 Å². The molecule has 0 saturated heterocycles. The molecular formula is C56H34N4O2S. The van der Waals surface area contributed by atoms with Crippen molar-refractivity contribution in [3.63, 3.8) is 0 Å². The SMILES string of the molecule is CC12C=CC=CC1c1c(cccc1-c1nc(-c3cccc4oc5ccccc5c34)nc(-c3cc(-n4c5ccccc5c5cc6ccccc6cc54)cc4oc5ccccc5c34)n1)S2. The monoisotopic (exact) mass is 826 g/mol. The van der Waals surface area contributed by atoms with Gasteiger partial charge in [-0.15, -0.1) is 11.8 Å². The van der Waals surface area contributed by atoms with Gasteiger partial charge in [0, 0.05) is 70.6 Å². The summed E-state index contributed by atoms with van der Waals surface area (Å²) < 4.78 is 15.5. The minimum Gasteiger partial charge on any atom is -0.456 e. The molecule has 63 heavy (non-hydrogen) atoms. The van der Waals surface area contributed by atoms with Crippen molar-refractivity contribution < 1.29 is 8.83 Å². The van der Waals surface area contributed by atoms with Gasteiger partial charge in [0.1, 0.15) is 22.3 Å². The highest BCUT2D eigenvalue weighted by Gasteiger charge is 2.43. The Morgan fingerprint density at radius 3 is 1.94 bits per heavy atom. The van der Waals surface area contributed by atoms with Crippen LogP contribution >= 0.6 is 11.8 Å². The second-order valence-corrected chi connectivity index (χ2v) is 18.4. The van der Waals surface area contributed by atoms with E-state index in [0.29, 0.717) is 17.5 Å². The number of benzene rings is 8. The predicted octanol–water partition coefficient (Wildman–Crippen LogP) is 15.0. The summed E-state index contributed by atoms with van der Waals surface area (Å²) in [6.45, 7) is 2.32. The topological polar surface area (TPSA) is 69.9 Å². The number of hydrogen-bond donors (Lipinski definition) is 0. The Bertz CT molecular complexity index is 4000. The lowest BCUT2D eigenvalue weighted by Crippen LogP contribution is -2.22. The van der Waals surface area contributed by atoms with Crippen LogP contribution in [0.25, 0.3) is 116 Å². The molecular weight excluding hydrogens is 793 g/mol. The highest BCUT2D eigenvalue weighted by Crippen LogP contribution is 2.58. The first-order chi connectivity index (χ1) is 31.1. The van der Waals surface area contributed by atoms with Gasteiger partial charge in [-0.1, -0.05) is 127 Å². The van der Waals surface area contributed by atoms with Crippen LogP contribution in [0, 0.1) is 0 Å². The van der Waals surface area contributed by atoms with Crippen molar-refractivity contribution in [3.8, 4) is 39.9 Å². The molecule has 1 aliphatic heterocycles. The maximum atomic E-state index is 6.79. The number of aromatic nitrogens is 4. The summed E-state index contributed by atoms with van der Waals surface area (Å²) in [5.74, 6) is 1.92. The second kappa shape index (κ2) is 12.9. The zero-order chi connectivity index (χ0) is 41.4. The van der Waals surface area contributed by atoms with Crippen molar-refractivity contribution >= 4 is 88.2 Å². The number of allylic oxidation sites excluding steroid dienone is 3. The Labute approximate surface area is 364 Å². The smallest absolute Gasteiger partial charge is 0.164 e. The van der Waals surface area contributed by atoms with E-state index in [2.05, 4.69) is 157 Å². The molecule has 0 spiro atoms. The number of nitrogens with zero attached hydrogens (tertiary/aromatic N) is 4. The number of para-hydroxylation sites is 3. The molecule has 5 heterocycles. The van der Waals surface area contributed by atoms with Gasteiger partial charge in [-0.05, 0) is 71.8 Å². The van der Waals surface area contributed by atoms with Crippen LogP contribution in [0.5, 0.6) is 0 Å². The predicted molar refractivity (Wildman–Crippen MR) is 258 cm³/mol. The summed E-state index contributed by atoms with van der Waals surface area (Å²) in [6, 6.07) is 55.4. The second-order valence-electron chi connectivity index (χ2n) is 16.8. The van der Waals surface area contributed by atoms with Gasteiger partial charge in [0.2, 0.25) is 0 Å². The molecule has 7 heteroatoms. The molecule has 296 valence electrons. The lowest BCUT2D eigenvalue weighted by Gasteiger charge is -2.28. The van der Waals surface area contributed by atoms with Crippen molar-refractivity contribution in [2.24, 2.45) is 0 Å². The van der Waals surface area contributed by atoms with Crippen molar-refractivity contribution in [1.82, 2.24) is 19.5 Å². The van der Waals surface area contributed by atoms with E-state index in [1.165, 1.54) is 32.0 Å². The number of hydrogen-bond acceptors (Lipinski definition) is 6. The van der Waals surface area contributed by atoms with E-state index in [9.17, 15) is 0 Å². The Hall–Kier alpha value is -7.74. The Kier molecular flexibility index (Phi) is 7.15. The molecule has 6 nitrogen and oxygen atoms in total. The molecule has 0 radical (unpaired) electrons. The van der Waals surface area contributed by atoms with Crippen LogP contribution in [-0.2, 0) is 0 Å². The largest absolute Gasteiger partial charge is 0.456 e. The van der Waals surface area contributed by atoms with Crippen LogP contribution in [0.15, 0.2) is 196 Å². The number of rotatable bonds is 4. The minimum atomic E-state index is -0.114. The number of fused-ring (bicyclic) bond motifs is 13. The third-order valence-corrected chi connectivity index (χ3v) is 14.6. The van der Waals surface area contributed by atoms with Gasteiger partial charge >= 0.3 is 0 Å². The fourth-order valence-electron chi connectivity index (χ4n) is 10.4. The van der Waals surface area contributed by atoms with Crippen LogP contribution in [0.1, 0.15) is 18.4 Å². The molecule has 4 aromatic heterocycles. The van der Waals surface area contributed by atoms with Crippen LogP contribution in [0.3, 0.4) is 0 Å². The summed E-state index contributed by atoms with van der Waals surface area (Å²) in [5, 5.41) is 8.71. The number of thioether (sulfide) groups is 1. The molecule has 14 rings (SSSR count). The average Bonchev–Trinajstić information content (AvgIpc) is 4.07. The van der Waals surface area contributed by atoms with Crippen molar-refractivity contribution in [2.45, 2.75) is 22.5 Å². The Morgan fingerprint density at radius 1 is 0.508 bits per heavy atom. The van der Waals surface area contributed by atoms with E-state index < -0.39 is 0 Å². The quantitative estimate of drug-likeness (QED) is 0.176. The molecule has 0 saturated carbocycles. The van der Waals surface area contributed by atoms with E-state index in [1.54, 1.807) is 0 Å². The summed E-state index contributed by atoms with van der Waals surface area (Å²) in [7, 11) is 0. The van der Waals surface area contributed by atoms with Crippen LogP contribution < -0.4 is 0 Å². The molecule has 12 aromatic rings. The van der Waals surface area contributed by atoms with Crippen LogP contribution in [0.4, 0.5) is 0 Å². The first-order valence-corrected chi connectivity index (χ1v) is 22.1. The summed E-state index contributed by atoms with van der Waals surface area (Å²) in [6.07, 6.45) is 8.97. The maximum Gasteiger partial charge on any atom is 0.164 e. The zero-order valence-electron chi connectivity index (χ0n) is 33.9. The van der Waals surface area contributed by atoms with Gasteiger partial charge in [0.05, 0.1) is 16.7 Å². The van der Waals surface area contributed by atoms with E-state index in [0.717, 1.165) is 77.3 Å². The highest BCUT2D eigenvalue weighted by atomic mass is 32.2. The third-order valence-electron chi connectivity index (χ3n) is 13.2. The van der Waals surface area contributed by atoms with Crippen LogP contribution in [0.2, 0.25) is 0 Å². The lowest BCUT2D eigenvalue weighted by molar-refractivity contribution is 0.668. The van der Waals surface area contributed by atoms with E-state index in [-0.39, 0.29) is 10.7 Å². The van der Waals surface area contributed by atoms with Gasteiger partial charge in [0.15, 0.2) is 17.5 Å². The number of furan rings is 2. The summed E-state index contributed by atoms with van der Waals surface area (Å²) in [4.78, 5) is 17.7. The fraction of sp³-hybridized carbons (Fsp3) is 0.0536. The van der Waals surface area contributed by atoms with Gasteiger partial charge in [-0.25, -0.2) is 15.0 Å². The molecule has 8 aromatic carbocycles. The zero-order valence-corrected chi connectivity index (χ0v) is 34.7. The molecule has 2 atom stereocenters. The first-order valence-electron chi connectivity index (χ1n) is 21.3. The molecule has 0 N–H and O–H groups in total. The molecule has 0 fully saturated rings. The fourth-order valence-corrected chi connectivity index (χ4v) is 11.8. The van der Waals surface area contributed by atoms with Crippen molar-refractivity contribution in [3.05, 3.63) is 188 Å². The molecule has 0 amide bonds. The summed E-state index contributed by atoms with van der Waals surface area (Å²) >= 11 is 1.91. The van der Waals surface area contributed by atoms with Gasteiger partial charge in [-0.2, -0.15) is 0 Å². The molecule has 1 aliphatic carbocycles. The third kappa shape index (κ3) is 5.05. The van der Waals surface area contributed by atoms with E-state index in [1.807, 2.05) is 48.2 Å². The first kappa shape index (κ1) is 34.9. The van der Waals surface area contributed by atoms with E-state index in [4.69, 9.17) is 23.8 Å². The maximum absolute atomic E-state index is 6.79. The Balaban J connectivity index is 1.10. The van der Waals surface area contributed by atoms with Gasteiger partial charge in [-0.3, -0.25) is 0 Å². The highest BCUT2D eigenvalue weighted by molar-refractivity contribution is 8.01. The molecule has 2 aliphatic rings. The molecule has 2 unspecified atom stereocenters. The minimum absolute atomic E-state index is 0.114. The van der Waals surface area contributed by atoms with E-state index >= 15 is 0 Å². The molecule has 0 bridgehead atoms. The summed E-state index contributed by atoms with van der Waals surface area (Å²) in [5.41, 5.74) is 10.3. The lowest BCUT2D eigenvalue weighted by atomic mass is 9.81. The Morgan fingerprint density at radius 2 is 1.13 bits per heavy atom. The average molecular weight is 827 g/mol. The van der Waals surface area contributed by atoms with Crippen molar-refractivity contribution in [2.75, 3.05) is 0 Å².